The first-order valence-corrected chi connectivity index (χ1v) is 8.52. The van der Waals surface area contributed by atoms with Gasteiger partial charge < -0.3 is 10.2 Å². The third-order valence-electron chi connectivity index (χ3n) is 3.19. The average molecular weight is 334 g/mol. The minimum absolute atomic E-state index is 0.0959. The highest BCUT2D eigenvalue weighted by atomic mass is 32.2. The molecule has 0 amide bonds. The molecule has 3 N–H and O–H groups in total. The third kappa shape index (κ3) is 4.01. The molecule has 0 aliphatic rings. The molecule has 0 aliphatic heterocycles. The Labute approximate surface area is 135 Å². The molecule has 0 atom stereocenters. The minimum Gasteiger partial charge on any atom is -0.508 e. The molecule has 122 valence electrons. The first-order valence-electron chi connectivity index (χ1n) is 6.97. The van der Waals surface area contributed by atoms with Gasteiger partial charge in [0, 0.05) is 17.2 Å². The van der Waals surface area contributed by atoms with Gasteiger partial charge in [0.2, 0.25) is 10.0 Å². The molecule has 2 aromatic rings. The molecule has 0 spiro atoms. The maximum Gasteiger partial charge on any atom is 0.249 e. The predicted molar refractivity (Wildman–Crippen MR) is 89.0 cm³/mol. The highest BCUT2D eigenvalue weighted by molar-refractivity contribution is 7.90. The summed E-state index contributed by atoms with van der Waals surface area (Å²) in [6.07, 6.45) is 0. The van der Waals surface area contributed by atoms with Crippen LogP contribution in [0.15, 0.2) is 53.6 Å². The lowest BCUT2D eigenvalue weighted by Gasteiger charge is -2.12. The number of phenolic OH excluding ortho intramolecular Hbond substituents is 2. The van der Waals surface area contributed by atoms with Crippen LogP contribution in [0, 0.1) is 0 Å². The van der Waals surface area contributed by atoms with Crippen LogP contribution in [0.4, 0.5) is 0 Å². The lowest BCUT2D eigenvalue weighted by Crippen LogP contribution is -2.28. The first-order chi connectivity index (χ1) is 10.8. The van der Waals surface area contributed by atoms with Gasteiger partial charge in [-0.05, 0) is 26.0 Å². The second kappa shape index (κ2) is 6.70. The number of aromatic hydroxyl groups is 2. The van der Waals surface area contributed by atoms with Crippen LogP contribution in [-0.4, -0.2) is 29.6 Å². The Balaban J connectivity index is 2.53. The zero-order valence-corrected chi connectivity index (χ0v) is 13.6. The molecule has 0 fully saturated rings. The van der Waals surface area contributed by atoms with Gasteiger partial charge in [-0.1, -0.05) is 30.3 Å². The molecule has 0 radical (unpaired) electrons. The molecule has 23 heavy (non-hydrogen) atoms. The van der Waals surface area contributed by atoms with Crippen molar-refractivity contribution in [2.24, 2.45) is 5.10 Å². The van der Waals surface area contributed by atoms with Crippen LogP contribution >= 0.6 is 0 Å². The topological polar surface area (TPSA) is 99.0 Å². The summed E-state index contributed by atoms with van der Waals surface area (Å²) in [6.45, 7) is 3.08. The summed E-state index contributed by atoms with van der Waals surface area (Å²) in [6, 6.07) is 12.9. The van der Waals surface area contributed by atoms with Crippen molar-refractivity contribution in [2.45, 2.75) is 19.1 Å². The van der Waals surface area contributed by atoms with Crippen molar-refractivity contribution in [1.29, 1.82) is 0 Å². The number of hydrogen-bond donors (Lipinski definition) is 3. The van der Waals surface area contributed by atoms with Crippen LogP contribution in [0.5, 0.6) is 11.5 Å². The maximum atomic E-state index is 11.9. The SMILES string of the molecule is CC(C)S(=O)(=O)NN=C(c1ccccc1)c1ccc(O)cc1O. The molecule has 7 heteroatoms. The monoisotopic (exact) mass is 334 g/mol. The summed E-state index contributed by atoms with van der Waals surface area (Å²) in [5.74, 6) is -0.294. The molecule has 6 nitrogen and oxygen atoms in total. The Bertz CT molecular complexity index is 815. The Morgan fingerprint density at radius 1 is 1.09 bits per heavy atom. The molecular weight excluding hydrogens is 316 g/mol. The van der Waals surface area contributed by atoms with E-state index in [0.29, 0.717) is 11.1 Å². The van der Waals surface area contributed by atoms with Crippen LogP contribution in [-0.2, 0) is 10.0 Å². The summed E-state index contributed by atoms with van der Waals surface area (Å²) in [4.78, 5) is 2.18. The van der Waals surface area contributed by atoms with E-state index in [0.717, 1.165) is 0 Å². The normalized spacial score (nSPS) is 12.4. The van der Waals surface area contributed by atoms with E-state index in [-0.39, 0.29) is 17.2 Å². The zero-order chi connectivity index (χ0) is 17.0. The quantitative estimate of drug-likeness (QED) is 0.576. The van der Waals surface area contributed by atoms with Crippen LogP contribution in [0.3, 0.4) is 0 Å². The van der Waals surface area contributed by atoms with E-state index >= 15 is 0 Å². The fourth-order valence-electron chi connectivity index (χ4n) is 1.81. The fourth-order valence-corrected chi connectivity index (χ4v) is 2.24. The summed E-state index contributed by atoms with van der Waals surface area (Å²) in [5, 5.41) is 22.8. The van der Waals surface area contributed by atoms with Gasteiger partial charge >= 0.3 is 0 Å². The van der Waals surface area contributed by atoms with Gasteiger partial charge in [0.1, 0.15) is 17.2 Å². The van der Waals surface area contributed by atoms with Crippen LogP contribution < -0.4 is 4.83 Å². The smallest absolute Gasteiger partial charge is 0.249 e. The van der Waals surface area contributed by atoms with Crippen LogP contribution in [0.25, 0.3) is 0 Å². The molecule has 0 aliphatic carbocycles. The van der Waals surface area contributed by atoms with Gasteiger partial charge in [-0.15, -0.1) is 0 Å². The van der Waals surface area contributed by atoms with E-state index in [2.05, 4.69) is 9.93 Å². The van der Waals surface area contributed by atoms with Gasteiger partial charge in [-0.2, -0.15) is 5.10 Å². The Morgan fingerprint density at radius 2 is 1.74 bits per heavy atom. The number of sulfonamides is 1. The number of phenols is 2. The number of hydrazone groups is 1. The van der Waals surface area contributed by atoms with E-state index in [1.807, 2.05) is 6.07 Å². The second-order valence-electron chi connectivity index (χ2n) is 5.21. The average Bonchev–Trinajstić information content (AvgIpc) is 2.50. The number of benzene rings is 2. The summed E-state index contributed by atoms with van der Waals surface area (Å²) < 4.78 is 23.8. The fraction of sp³-hybridized carbons (Fsp3) is 0.188. The van der Waals surface area contributed by atoms with Crippen molar-refractivity contribution in [2.75, 3.05) is 0 Å². The summed E-state index contributed by atoms with van der Waals surface area (Å²) in [7, 11) is -3.60. The van der Waals surface area contributed by atoms with Crippen molar-refractivity contribution < 1.29 is 18.6 Å². The second-order valence-corrected chi connectivity index (χ2v) is 7.43. The van der Waals surface area contributed by atoms with Crippen molar-refractivity contribution in [1.82, 2.24) is 4.83 Å². The highest BCUT2D eigenvalue weighted by Crippen LogP contribution is 2.25. The molecule has 0 heterocycles. The van der Waals surface area contributed by atoms with E-state index in [4.69, 9.17) is 0 Å². The lowest BCUT2D eigenvalue weighted by atomic mass is 10.0. The Hall–Kier alpha value is -2.54. The molecule has 0 saturated heterocycles. The van der Waals surface area contributed by atoms with E-state index in [1.54, 1.807) is 24.3 Å². The van der Waals surface area contributed by atoms with Gasteiger partial charge in [0.25, 0.3) is 0 Å². The Morgan fingerprint density at radius 3 is 2.30 bits per heavy atom. The summed E-state index contributed by atoms with van der Waals surface area (Å²) >= 11 is 0. The van der Waals surface area contributed by atoms with Crippen molar-refractivity contribution in [3.8, 4) is 11.5 Å². The summed E-state index contributed by atoms with van der Waals surface area (Å²) in [5.41, 5.74) is 1.19. The van der Waals surface area contributed by atoms with Crippen LogP contribution in [0.1, 0.15) is 25.0 Å². The number of nitrogens with one attached hydrogen (secondary N) is 1. The van der Waals surface area contributed by atoms with Gasteiger partial charge in [0.15, 0.2) is 0 Å². The predicted octanol–water partition coefficient (Wildman–Crippen LogP) is 2.18. The zero-order valence-electron chi connectivity index (χ0n) is 12.8. The van der Waals surface area contributed by atoms with Crippen LogP contribution in [0.2, 0.25) is 0 Å². The molecule has 2 rings (SSSR count). The van der Waals surface area contributed by atoms with E-state index in [1.165, 1.54) is 32.0 Å². The lowest BCUT2D eigenvalue weighted by molar-refractivity contribution is 0.450. The van der Waals surface area contributed by atoms with Crippen molar-refractivity contribution in [3.05, 3.63) is 59.7 Å². The van der Waals surface area contributed by atoms with Gasteiger partial charge in [-0.3, -0.25) is 0 Å². The van der Waals surface area contributed by atoms with E-state index < -0.39 is 15.3 Å². The molecule has 0 saturated carbocycles. The van der Waals surface area contributed by atoms with Crippen molar-refractivity contribution in [3.63, 3.8) is 0 Å². The Kier molecular flexibility index (Phi) is 4.90. The maximum absolute atomic E-state index is 11.9. The standard InChI is InChI=1S/C16H18N2O4S/c1-11(2)23(21,22)18-17-16(12-6-4-3-5-7-12)14-9-8-13(19)10-15(14)20/h3-11,18-20H,1-2H3. The number of rotatable bonds is 5. The van der Waals surface area contributed by atoms with Gasteiger partial charge in [-0.25, -0.2) is 13.2 Å². The largest absolute Gasteiger partial charge is 0.508 e. The molecule has 0 bridgehead atoms. The van der Waals surface area contributed by atoms with E-state index in [9.17, 15) is 18.6 Å². The number of hydrogen-bond acceptors (Lipinski definition) is 5. The highest BCUT2D eigenvalue weighted by Gasteiger charge is 2.17. The molecule has 0 unspecified atom stereocenters. The third-order valence-corrected chi connectivity index (χ3v) is 4.78. The molecule has 0 aromatic heterocycles. The van der Waals surface area contributed by atoms with Crippen molar-refractivity contribution >= 4 is 15.7 Å². The van der Waals surface area contributed by atoms with Gasteiger partial charge in [0.05, 0.1) is 5.25 Å². The first kappa shape index (κ1) is 16.8. The number of nitrogens with zero attached hydrogens (tertiary/aromatic N) is 1. The molecule has 2 aromatic carbocycles. The molecular formula is C16H18N2O4S. The minimum atomic E-state index is -3.60.